The van der Waals surface area contributed by atoms with Gasteiger partial charge in [0.25, 0.3) is 5.79 Å². The fourth-order valence-electron chi connectivity index (χ4n) is 3.32. The van der Waals surface area contributed by atoms with Gasteiger partial charge in [-0.3, -0.25) is 0 Å². The van der Waals surface area contributed by atoms with E-state index in [-0.39, 0.29) is 0 Å². The number of unbranched alkanes of at least 4 members (excludes halogenated alkanes) is 1. The Morgan fingerprint density at radius 2 is 1.86 bits per heavy atom. The second-order valence-corrected chi connectivity index (χ2v) is 7.56. The van der Waals surface area contributed by atoms with Crippen molar-refractivity contribution in [3.63, 3.8) is 0 Å². The van der Waals surface area contributed by atoms with Crippen LogP contribution in [0.2, 0.25) is 0 Å². The van der Waals surface area contributed by atoms with Crippen LogP contribution >= 0.6 is 0 Å². The number of benzene rings is 1. The maximum Gasteiger partial charge on any atom is 0.366 e. The Hall–Kier alpha value is -2.18. The average Bonchev–Trinajstić information content (AvgIpc) is 3.07. The summed E-state index contributed by atoms with van der Waals surface area (Å²) in [5.74, 6) is 0.101. The van der Waals surface area contributed by atoms with Gasteiger partial charge in [0.1, 0.15) is 5.76 Å². The zero-order chi connectivity index (χ0) is 20.1. The van der Waals surface area contributed by atoms with Crippen LogP contribution in [0.3, 0.4) is 0 Å². The minimum atomic E-state index is -1.27. The molecule has 0 atom stereocenters. The molecule has 1 aromatic carbocycles. The SMILES string of the molecule is COC(=O)[C@]1(C)OC[C@H](CCCCc2nc(-c3ccc(C)cc3)oc2C)CO1. The maximum atomic E-state index is 11.7. The zero-order valence-corrected chi connectivity index (χ0v) is 17.1. The van der Waals surface area contributed by atoms with Crippen molar-refractivity contribution in [3.05, 3.63) is 41.3 Å². The Kier molecular flexibility index (Phi) is 6.52. The highest BCUT2D eigenvalue weighted by molar-refractivity contribution is 5.77. The van der Waals surface area contributed by atoms with Gasteiger partial charge < -0.3 is 18.6 Å². The number of carbonyl (C=O) groups is 1. The molecule has 2 aromatic rings. The van der Waals surface area contributed by atoms with Gasteiger partial charge >= 0.3 is 5.97 Å². The summed E-state index contributed by atoms with van der Waals surface area (Å²) in [5, 5.41) is 0. The number of rotatable bonds is 7. The minimum absolute atomic E-state index is 0.291. The molecule has 1 aromatic heterocycles. The molecule has 6 heteroatoms. The van der Waals surface area contributed by atoms with Gasteiger partial charge in [-0.05, 0) is 45.2 Å². The first-order valence-electron chi connectivity index (χ1n) is 9.81. The summed E-state index contributed by atoms with van der Waals surface area (Å²) in [5.41, 5.74) is 3.24. The number of aryl methyl sites for hydroxylation is 3. The Bertz CT molecular complexity index is 788. The van der Waals surface area contributed by atoms with Crippen LogP contribution in [0.25, 0.3) is 11.5 Å². The fourth-order valence-corrected chi connectivity index (χ4v) is 3.32. The molecule has 28 heavy (non-hydrogen) atoms. The first-order chi connectivity index (χ1) is 13.4. The van der Waals surface area contributed by atoms with Gasteiger partial charge in [0.2, 0.25) is 5.89 Å². The van der Waals surface area contributed by atoms with Crippen LogP contribution in [-0.2, 0) is 25.4 Å². The van der Waals surface area contributed by atoms with E-state index in [0.29, 0.717) is 25.0 Å². The molecule has 0 N–H and O–H groups in total. The van der Waals surface area contributed by atoms with Crippen LogP contribution in [-0.4, -0.2) is 37.1 Å². The molecule has 6 nitrogen and oxygen atoms in total. The number of esters is 1. The summed E-state index contributed by atoms with van der Waals surface area (Å²) in [6.07, 6.45) is 3.93. The number of ether oxygens (including phenoxy) is 3. The van der Waals surface area contributed by atoms with Crippen molar-refractivity contribution in [2.75, 3.05) is 20.3 Å². The predicted octanol–water partition coefficient (Wildman–Crippen LogP) is 4.22. The molecule has 0 spiro atoms. The Labute approximate surface area is 166 Å². The fraction of sp³-hybridized carbons (Fsp3) is 0.545. The lowest BCUT2D eigenvalue weighted by molar-refractivity contribution is -0.272. The van der Waals surface area contributed by atoms with Gasteiger partial charge in [-0.25, -0.2) is 9.78 Å². The van der Waals surface area contributed by atoms with Crippen molar-refractivity contribution in [2.24, 2.45) is 5.92 Å². The number of hydrogen-bond donors (Lipinski definition) is 0. The second kappa shape index (κ2) is 8.88. The molecule has 1 saturated heterocycles. The number of carbonyl (C=O) groups excluding carboxylic acids is 1. The summed E-state index contributed by atoms with van der Waals surface area (Å²) in [7, 11) is 1.34. The highest BCUT2D eigenvalue weighted by Crippen LogP contribution is 2.26. The summed E-state index contributed by atoms with van der Waals surface area (Å²) >= 11 is 0. The number of aromatic nitrogens is 1. The molecule has 1 aliphatic rings. The smallest absolute Gasteiger partial charge is 0.366 e. The second-order valence-electron chi connectivity index (χ2n) is 7.56. The first-order valence-corrected chi connectivity index (χ1v) is 9.81. The topological polar surface area (TPSA) is 70.8 Å². The van der Waals surface area contributed by atoms with Crippen molar-refractivity contribution < 1.29 is 23.4 Å². The number of oxazole rings is 1. The van der Waals surface area contributed by atoms with Gasteiger partial charge in [-0.1, -0.05) is 24.1 Å². The number of methoxy groups -OCH3 is 1. The van der Waals surface area contributed by atoms with Crippen molar-refractivity contribution in [1.29, 1.82) is 0 Å². The molecule has 1 aliphatic heterocycles. The van der Waals surface area contributed by atoms with Crippen molar-refractivity contribution in [2.45, 2.75) is 52.2 Å². The summed E-state index contributed by atoms with van der Waals surface area (Å²) < 4.78 is 21.8. The summed E-state index contributed by atoms with van der Waals surface area (Å²) in [4.78, 5) is 16.4. The van der Waals surface area contributed by atoms with Crippen LogP contribution in [0.5, 0.6) is 0 Å². The lowest BCUT2D eigenvalue weighted by Gasteiger charge is -2.35. The average molecular weight is 387 g/mol. The standard InChI is InChI=1S/C22H29NO5/c1-15-9-11-18(12-10-15)20-23-19(16(2)28-20)8-6-5-7-17-13-26-22(3,27-14-17)21(24)25-4/h9-12,17H,5-8,13-14H2,1-4H3/t17-,22+. The van der Waals surface area contributed by atoms with Crippen LogP contribution in [0.4, 0.5) is 0 Å². The van der Waals surface area contributed by atoms with E-state index in [1.165, 1.54) is 12.7 Å². The molecule has 0 unspecified atom stereocenters. The monoisotopic (exact) mass is 387 g/mol. The van der Waals surface area contributed by atoms with Gasteiger partial charge in [0.05, 0.1) is 26.0 Å². The highest BCUT2D eigenvalue weighted by Gasteiger charge is 2.41. The maximum absolute atomic E-state index is 11.7. The molecule has 3 rings (SSSR count). The van der Waals surface area contributed by atoms with Gasteiger partial charge in [0, 0.05) is 18.4 Å². The third-order valence-corrected chi connectivity index (χ3v) is 5.21. The van der Waals surface area contributed by atoms with Crippen LogP contribution in [0, 0.1) is 19.8 Å². The first kappa shape index (κ1) is 20.6. The minimum Gasteiger partial charge on any atom is -0.465 e. The molecule has 0 amide bonds. The quantitative estimate of drug-likeness (QED) is 0.523. The lowest BCUT2D eigenvalue weighted by Crippen LogP contribution is -2.48. The molecule has 0 saturated carbocycles. The molecule has 1 fully saturated rings. The van der Waals surface area contributed by atoms with Gasteiger partial charge in [0.15, 0.2) is 0 Å². The normalized spacial score (nSPS) is 22.2. The van der Waals surface area contributed by atoms with E-state index in [1.807, 2.05) is 19.1 Å². The molecular formula is C22H29NO5. The third kappa shape index (κ3) is 4.80. The Morgan fingerprint density at radius 3 is 2.50 bits per heavy atom. The van der Waals surface area contributed by atoms with Crippen LogP contribution in [0.15, 0.2) is 28.7 Å². The summed E-state index contributed by atoms with van der Waals surface area (Å²) in [6, 6.07) is 8.20. The van der Waals surface area contributed by atoms with E-state index in [2.05, 4.69) is 24.0 Å². The predicted molar refractivity (Wildman–Crippen MR) is 105 cm³/mol. The van der Waals surface area contributed by atoms with Crippen molar-refractivity contribution in [1.82, 2.24) is 4.98 Å². The molecule has 0 aliphatic carbocycles. The van der Waals surface area contributed by atoms with Crippen molar-refractivity contribution >= 4 is 5.97 Å². The van der Waals surface area contributed by atoms with E-state index < -0.39 is 11.8 Å². The Morgan fingerprint density at radius 1 is 1.18 bits per heavy atom. The number of hydrogen-bond acceptors (Lipinski definition) is 6. The molecule has 152 valence electrons. The van der Waals surface area contributed by atoms with Gasteiger partial charge in [-0.15, -0.1) is 0 Å². The number of nitrogens with zero attached hydrogens (tertiary/aromatic N) is 1. The summed E-state index contributed by atoms with van der Waals surface area (Å²) in [6.45, 7) is 6.65. The van der Waals surface area contributed by atoms with E-state index in [1.54, 1.807) is 6.92 Å². The van der Waals surface area contributed by atoms with E-state index in [0.717, 1.165) is 42.7 Å². The van der Waals surface area contributed by atoms with Crippen molar-refractivity contribution in [3.8, 4) is 11.5 Å². The molecule has 2 heterocycles. The molecule has 0 radical (unpaired) electrons. The molecular weight excluding hydrogens is 358 g/mol. The van der Waals surface area contributed by atoms with E-state index >= 15 is 0 Å². The van der Waals surface area contributed by atoms with Crippen LogP contribution < -0.4 is 0 Å². The molecule has 0 bridgehead atoms. The van der Waals surface area contributed by atoms with Crippen LogP contribution in [0.1, 0.15) is 43.2 Å². The van der Waals surface area contributed by atoms with E-state index in [9.17, 15) is 4.79 Å². The van der Waals surface area contributed by atoms with E-state index in [4.69, 9.17) is 18.6 Å². The largest absolute Gasteiger partial charge is 0.465 e. The highest BCUT2D eigenvalue weighted by atomic mass is 16.7. The third-order valence-electron chi connectivity index (χ3n) is 5.21. The van der Waals surface area contributed by atoms with Gasteiger partial charge in [-0.2, -0.15) is 0 Å². The zero-order valence-electron chi connectivity index (χ0n) is 17.1. The lowest BCUT2D eigenvalue weighted by atomic mass is 10.0. The Balaban J connectivity index is 1.44.